The zero-order chi connectivity index (χ0) is 12.3. The fourth-order valence-corrected chi connectivity index (χ4v) is 1.03. The summed E-state index contributed by atoms with van der Waals surface area (Å²) in [4.78, 5) is 3.54. The molecule has 0 aliphatic carbocycles. The summed E-state index contributed by atoms with van der Waals surface area (Å²) in [5.41, 5.74) is 9.95. The minimum atomic E-state index is -4.91. The van der Waals surface area contributed by atoms with Crippen LogP contribution in [0, 0.1) is 11.3 Å². The van der Waals surface area contributed by atoms with E-state index in [1.165, 1.54) is 6.07 Å². The van der Waals surface area contributed by atoms with E-state index in [0.29, 0.717) is 0 Å². The lowest BCUT2D eigenvalue weighted by molar-refractivity contribution is -0.275. The van der Waals surface area contributed by atoms with Crippen LogP contribution in [0.3, 0.4) is 0 Å². The van der Waals surface area contributed by atoms with Gasteiger partial charge in [0, 0.05) is 18.3 Å². The summed E-state index contributed by atoms with van der Waals surface area (Å²) in [7, 11) is 0. The third kappa shape index (κ3) is 2.52. The first kappa shape index (κ1) is 12.1. The molecule has 0 saturated heterocycles. The first-order chi connectivity index (χ1) is 7.39. The molecule has 1 aromatic rings. The Labute approximate surface area is 88.4 Å². The van der Waals surface area contributed by atoms with Crippen molar-refractivity contribution in [1.82, 2.24) is 4.98 Å². The third-order valence-electron chi connectivity index (χ3n) is 1.68. The van der Waals surface area contributed by atoms with Crippen LogP contribution in [0.4, 0.5) is 19.0 Å². The van der Waals surface area contributed by atoms with Crippen molar-refractivity contribution < 1.29 is 17.9 Å². The van der Waals surface area contributed by atoms with Crippen molar-refractivity contribution in [3.8, 4) is 11.8 Å². The lowest BCUT2D eigenvalue weighted by atomic mass is 10.1. The molecule has 0 bridgehead atoms. The molecule has 4 N–H and O–H groups in total. The summed E-state index contributed by atoms with van der Waals surface area (Å²) < 4.78 is 39.9. The number of hydrogen-bond acceptors (Lipinski definition) is 5. The molecule has 8 heteroatoms. The van der Waals surface area contributed by atoms with Crippen LogP contribution in [-0.4, -0.2) is 11.3 Å². The summed E-state index contributed by atoms with van der Waals surface area (Å²) in [6.07, 6.45) is -3.87. The summed E-state index contributed by atoms with van der Waals surface area (Å²) >= 11 is 0. The molecule has 1 heterocycles. The summed E-state index contributed by atoms with van der Waals surface area (Å²) in [5.74, 6) is -1.02. The number of aromatic nitrogens is 1. The number of nitrogens with zero attached hydrogens (tertiary/aromatic N) is 2. The average Bonchev–Trinajstić information content (AvgIpc) is 2.16. The second-order valence-corrected chi connectivity index (χ2v) is 2.74. The minimum Gasteiger partial charge on any atom is -0.404 e. The highest BCUT2D eigenvalue weighted by atomic mass is 19.4. The molecule has 5 nitrogen and oxygen atoms in total. The fourth-order valence-electron chi connectivity index (χ4n) is 1.03. The SMILES string of the molecule is N#Cc1c(N)ncc(CN)c1OC(F)(F)F. The Kier molecular flexibility index (Phi) is 3.20. The normalized spacial score (nSPS) is 10.9. The van der Waals surface area contributed by atoms with Gasteiger partial charge in [-0.05, 0) is 0 Å². The number of anilines is 1. The van der Waals surface area contributed by atoms with Gasteiger partial charge in [0.15, 0.2) is 5.75 Å². The average molecular weight is 232 g/mol. The largest absolute Gasteiger partial charge is 0.573 e. The topological polar surface area (TPSA) is 98.0 Å². The molecule has 0 fully saturated rings. The fraction of sp³-hybridized carbons (Fsp3) is 0.250. The number of alkyl halides is 3. The molecular weight excluding hydrogens is 225 g/mol. The lowest BCUT2D eigenvalue weighted by Crippen LogP contribution is -2.20. The van der Waals surface area contributed by atoms with E-state index in [1.807, 2.05) is 0 Å². The van der Waals surface area contributed by atoms with Crippen LogP contribution in [0.2, 0.25) is 0 Å². The second kappa shape index (κ2) is 4.24. The Balaban J connectivity index is 3.33. The van der Waals surface area contributed by atoms with Gasteiger partial charge in [-0.15, -0.1) is 13.2 Å². The molecule has 0 radical (unpaired) electrons. The molecule has 0 spiro atoms. The predicted molar refractivity (Wildman–Crippen MR) is 47.9 cm³/mol. The molecule has 0 aliphatic heterocycles. The Bertz CT molecular complexity index is 438. The maximum atomic E-state index is 12.1. The highest BCUT2D eigenvalue weighted by Crippen LogP contribution is 2.31. The molecule has 16 heavy (non-hydrogen) atoms. The van der Waals surface area contributed by atoms with Crippen molar-refractivity contribution in [3.05, 3.63) is 17.3 Å². The van der Waals surface area contributed by atoms with Crippen molar-refractivity contribution >= 4 is 5.82 Å². The van der Waals surface area contributed by atoms with Gasteiger partial charge in [0.25, 0.3) is 0 Å². The van der Waals surface area contributed by atoms with Gasteiger partial charge in [-0.25, -0.2) is 4.98 Å². The van der Waals surface area contributed by atoms with Crippen LogP contribution in [0.5, 0.6) is 5.75 Å². The molecule has 0 aliphatic rings. The number of nitrogens with two attached hydrogens (primary N) is 2. The molecule has 0 saturated carbocycles. The van der Waals surface area contributed by atoms with Crippen molar-refractivity contribution in [3.63, 3.8) is 0 Å². The number of nitriles is 1. The molecular formula is C8H7F3N4O. The van der Waals surface area contributed by atoms with Crippen molar-refractivity contribution in [2.24, 2.45) is 5.73 Å². The molecule has 1 aromatic heterocycles. The van der Waals surface area contributed by atoms with Gasteiger partial charge in [0.05, 0.1) is 0 Å². The van der Waals surface area contributed by atoms with E-state index in [1.54, 1.807) is 0 Å². The van der Waals surface area contributed by atoms with E-state index in [0.717, 1.165) is 6.20 Å². The van der Waals surface area contributed by atoms with Crippen LogP contribution in [-0.2, 0) is 6.54 Å². The van der Waals surface area contributed by atoms with Gasteiger partial charge in [0.1, 0.15) is 17.5 Å². The quantitative estimate of drug-likeness (QED) is 0.789. The van der Waals surface area contributed by atoms with Gasteiger partial charge in [-0.2, -0.15) is 5.26 Å². The van der Waals surface area contributed by atoms with E-state index in [2.05, 4.69) is 9.72 Å². The summed E-state index contributed by atoms with van der Waals surface area (Å²) in [5, 5.41) is 8.66. The van der Waals surface area contributed by atoms with Crippen LogP contribution in [0.25, 0.3) is 0 Å². The van der Waals surface area contributed by atoms with Gasteiger partial charge in [0.2, 0.25) is 0 Å². The maximum absolute atomic E-state index is 12.1. The van der Waals surface area contributed by atoms with Gasteiger partial charge in [-0.3, -0.25) is 0 Å². The van der Waals surface area contributed by atoms with Crippen LogP contribution < -0.4 is 16.2 Å². The summed E-state index contributed by atoms with van der Waals surface area (Å²) in [6.45, 7) is -0.243. The molecule has 0 atom stereocenters. The third-order valence-corrected chi connectivity index (χ3v) is 1.68. The van der Waals surface area contributed by atoms with Crippen molar-refractivity contribution in [1.29, 1.82) is 5.26 Å². The van der Waals surface area contributed by atoms with E-state index in [9.17, 15) is 13.2 Å². The van der Waals surface area contributed by atoms with Crippen molar-refractivity contribution in [2.45, 2.75) is 12.9 Å². The molecule has 1 rings (SSSR count). The standard InChI is InChI=1S/C8H7F3N4O/c9-8(10,11)16-6-4(1-12)3-15-7(14)5(6)2-13/h3H,1,12H2,(H2,14,15). The van der Waals surface area contributed by atoms with Crippen LogP contribution in [0.1, 0.15) is 11.1 Å². The van der Waals surface area contributed by atoms with Crippen LogP contribution in [0.15, 0.2) is 6.20 Å². The number of pyridine rings is 1. The van der Waals surface area contributed by atoms with Gasteiger partial charge >= 0.3 is 6.36 Å². The van der Waals surface area contributed by atoms with Crippen LogP contribution >= 0.6 is 0 Å². The van der Waals surface area contributed by atoms with Gasteiger partial charge in [-0.1, -0.05) is 0 Å². The van der Waals surface area contributed by atoms with E-state index in [-0.39, 0.29) is 17.9 Å². The van der Waals surface area contributed by atoms with E-state index >= 15 is 0 Å². The first-order valence-electron chi connectivity index (χ1n) is 4.02. The Hall–Kier alpha value is -2.01. The number of hydrogen-bond donors (Lipinski definition) is 2. The maximum Gasteiger partial charge on any atom is 0.573 e. The molecule has 86 valence electrons. The first-order valence-corrected chi connectivity index (χ1v) is 4.02. The molecule has 0 aromatic carbocycles. The number of ether oxygens (including phenoxy) is 1. The smallest absolute Gasteiger partial charge is 0.404 e. The minimum absolute atomic E-state index is 0.0388. The molecule has 0 amide bonds. The Morgan fingerprint density at radius 3 is 2.56 bits per heavy atom. The zero-order valence-electron chi connectivity index (χ0n) is 7.88. The predicted octanol–water partition coefficient (Wildman–Crippen LogP) is 0.893. The van der Waals surface area contributed by atoms with E-state index in [4.69, 9.17) is 16.7 Å². The number of rotatable bonds is 2. The highest BCUT2D eigenvalue weighted by Gasteiger charge is 2.34. The van der Waals surface area contributed by atoms with Crippen molar-refractivity contribution in [2.75, 3.05) is 5.73 Å². The molecule has 0 unspecified atom stereocenters. The Morgan fingerprint density at radius 2 is 2.12 bits per heavy atom. The lowest BCUT2D eigenvalue weighted by Gasteiger charge is -2.14. The monoisotopic (exact) mass is 232 g/mol. The zero-order valence-corrected chi connectivity index (χ0v) is 7.88. The Morgan fingerprint density at radius 1 is 1.50 bits per heavy atom. The summed E-state index contributed by atoms with van der Waals surface area (Å²) in [6, 6.07) is 1.49. The van der Waals surface area contributed by atoms with Gasteiger partial charge < -0.3 is 16.2 Å². The second-order valence-electron chi connectivity index (χ2n) is 2.74. The number of nitrogen functional groups attached to an aromatic ring is 1. The number of halogens is 3. The van der Waals surface area contributed by atoms with E-state index < -0.39 is 17.7 Å². The highest BCUT2D eigenvalue weighted by molar-refractivity contribution is 5.59.